The van der Waals surface area contributed by atoms with Crippen LogP contribution in [0, 0.1) is 0 Å². The Bertz CT molecular complexity index is 565. The fourth-order valence-electron chi connectivity index (χ4n) is 2.08. The summed E-state index contributed by atoms with van der Waals surface area (Å²) < 4.78 is 15.3. The molecule has 140 valence electrons. The van der Waals surface area contributed by atoms with E-state index in [4.69, 9.17) is 19.3 Å². The minimum Gasteiger partial charge on any atom is -0.544 e. The third kappa shape index (κ3) is 7.38. The van der Waals surface area contributed by atoms with Crippen molar-refractivity contribution in [3.63, 3.8) is 0 Å². The van der Waals surface area contributed by atoms with Crippen LogP contribution in [0.15, 0.2) is 18.2 Å². The van der Waals surface area contributed by atoms with Gasteiger partial charge in [-0.1, -0.05) is 0 Å². The number of carboxylic acids is 1. The number of carbonyl (C=O) groups is 2. The number of nitrogens with one attached hydrogen (secondary N) is 1. The Balaban J connectivity index is 2.58. The Hall–Kier alpha value is -2.36. The second kappa shape index (κ2) is 11.2. The lowest BCUT2D eigenvalue weighted by Gasteiger charge is -2.17. The summed E-state index contributed by atoms with van der Waals surface area (Å²) in [7, 11) is 2.96. The van der Waals surface area contributed by atoms with Crippen molar-refractivity contribution in [1.29, 1.82) is 0 Å². The maximum Gasteiger partial charge on any atom is 0.230 e. The number of nitrogens with two attached hydrogens (primary N) is 1. The lowest BCUT2D eigenvalue weighted by atomic mass is 10.2. The van der Waals surface area contributed by atoms with Gasteiger partial charge in [0.1, 0.15) is 17.5 Å². The smallest absolute Gasteiger partial charge is 0.230 e. The number of quaternary nitrogens is 1. The standard InChI is InChI=1S/C16H24N2O7/c1-23-11-3-4-12(14(9-11)24-2)18-15(20)10-13(16(21)22)17-5-7-25-8-6-19/h3-4,9,13,17,19H,5-8,10H2,1-2H3,(H,18,20)(H,21,22)/t13-/m1/s1. The molecule has 0 aliphatic heterocycles. The topological polar surface area (TPSA) is 134 Å². The molecule has 1 amide bonds. The van der Waals surface area contributed by atoms with Gasteiger partial charge in [0.05, 0.1) is 58.7 Å². The van der Waals surface area contributed by atoms with E-state index in [-0.39, 0.29) is 26.2 Å². The molecule has 1 aromatic carbocycles. The first-order valence-electron chi connectivity index (χ1n) is 7.76. The van der Waals surface area contributed by atoms with Crippen LogP contribution in [0.2, 0.25) is 0 Å². The second-order valence-electron chi connectivity index (χ2n) is 5.10. The fourth-order valence-corrected chi connectivity index (χ4v) is 2.08. The van der Waals surface area contributed by atoms with Crippen molar-refractivity contribution in [2.75, 3.05) is 45.9 Å². The molecule has 1 aromatic rings. The van der Waals surface area contributed by atoms with Crippen LogP contribution >= 0.6 is 0 Å². The maximum atomic E-state index is 12.1. The van der Waals surface area contributed by atoms with Crippen molar-refractivity contribution in [1.82, 2.24) is 0 Å². The minimum absolute atomic E-state index is 0.101. The van der Waals surface area contributed by atoms with E-state index < -0.39 is 17.9 Å². The molecule has 1 atom stereocenters. The first-order valence-corrected chi connectivity index (χ1v) is 7.76. The average Bonchev–Trinajstić information content (AvgIpc) is 2.60. The van der Waals surface area contributed by atoms with Gasteiger partial charge in [-0.3, -0.25) is 4.79 Å². The van der Waals surface area contributed by atoms with Crippen LogP contribution in [0.25, 0.3) is 0 Å². The van der Waals surface area contributed by atoms with Crippen LogP contribution in [-0.4, -0.2) is 63.6 Å². The van der Waals surface area contributed by atoms with Gasteiger partial charge >= 0.3 is 0 Å². The van der Waals surface area contributed by atoms with Gasteiger partial charge in [-0.05, 0) is 12.1 Å². The maximum absolute atomic E-state index is 12.1. The molecule has 0 radical (unpaired) electrons. The Morgan fingerprint density at radius 2 is 2.04 bits per heavy atom. The number of carbonyl (C=O) groups excluding carboxylic acids is 2. The lowest BCUT2D eigenvalue weighted by Crippen LogP contribution is -2.94. The number of ether oxygens (including phenoxy) is 3. The van der Waals surface area contributed by atoms with Crippen molar-refractivity contribution < 1.29 is 39.3 Å². The molecular weight excluding hydrogens is 332 g/mol. The molecule has 0 saturated carbocycles. The summed E-state index contributed by atoms with van der Waals surface area (Å²) in [5, 5.41) is 23.8. The fraction of sp³-hybridized carbons (Fsp3) is 0.500. The van der Waals surface area contributed by atoms with Crippen molar-refractivity contribution in [2.24, 2.45) is 0 Å². The number of methoxy groups -OCH3 is 2. The highest BCUT2D eigenvalue weighted by molar-refractivity contribution is 5.94. The van der Waals surface area contributed by atoms with E-state index in [1.807, 2.05) is 0 Å². The number of aliphatic hydroxyl groups excluding tert-OH is 1. The SMILES string of the molecule is COc1ccc(NC(=O)C[C@@H]([NH2+]CCOCCO)C(=O)[O-])c(OC)c1. The van der Waals surface area contributed by atoms with E-state index in [1.54, 1.807) is 18.2 Å². The van der Waals surface area contributed by atoms with Crippen LogP contribution in [0.5, 0.6) is 11.5 Å². The van der Waals surface area contributed by atoms with E-state index in [0.29, 0.717) is 23.7 Å². The Labute approximate surface area is 145 Å². The predicted octanol–water partition coefficient (Wildman–Crippen LogP) is -2.28. The largest absolute Gasteiger partial charge is 0.544 e. The Morgan fingerprint density at radius 3 is 2.64 bits per heavy atom. The normalized spacial score (nSPS) is 11.6. The van der Waals surface area contributed by atoms with Crippen LogP contribution in [0.4, 0.5) is 5.69 Å². The number of hydrogen-bond acceptors (Lipinski definition) is 7. The molecule has 0 spiro atoms. The quantitative estimate of drug-likeness (QED) is 0.359. The van der Waals surface area contributed by atoms with E-state index in [9.17, 15) is 14.7 Å². The van der Waals surface area contributed by atoms with E-state index in [2.05, 4.69) is 5.32 Å². The molecule has 0 saturated heterocycles. The summed E-state index contributed by atoms with van der Waals surface area (Å²) in [6.45, 7) is 0.674. The van der Waals surface area contributed by atoms with Crippen molar-refractivity contribution in [3.05, 3.63) is 18.2 Å². The number of aliphatic carboxylic acids is 1. The van der Waals surface area contributed by atoms with Gasteiger partial charge in [-0.2, -0.15) is 0 Å². The number of rotatable bonds is 12. The van der Waals surface area contributed by atoms with Crippen molar-refractivity contribution in [2.45, 2.75) is 12.5 Å². The van der Waals surface area contributed by atoms with E-state index in [1.165, 1.54) is 19.5 Å². The molecule has 1 rings (SSSR count). The molecule has 0 fully saturated rings. The second-order valence-corrected chi connectivity index (χ2v) is 5.10. The molecule has 0 unspecified atom stereocenters. The zero-order valence-corrected chi connectivity index (χ0v) is 14.3. The molecule has 9 heteroatoms. The molecule has 0 aromatic heterocycles. The van der Waals surface area contributed by atoms with Crippen LogP contribution in [0.3, 0.4) is 0 Å². The third-order valence-electron chi connectivity index (χ3n) is 3.34. The molecule has 0 heterocycles. The number of amides is 1. The first-order chi connectivity index (χ1) is 12.0. The summed E-state index contributed by atoms with van der Waals surface area (Å²) >= 11 is 0. The minimum atomic E-state index is -1.33. The molecule has 0 aliphatic carbocycles. The van der Waals surface area contributed by atoms with Gasteiger partial charge in [0.15, 0.2) is 0 Å². The summed E-state index contributed by atoms with van der Waals surface area (Å²) in [5.41, 5.74) is 0.414. The number of anilines is 1. The monoisotopic (exact) mass is 356 g/mol. The molecule has 0 bridgehead atoms. The summed E-state index contributed by atoms with van der Waals surface area (Å²) in [5.74, 6) is -0.845. The van der Waals surface area contributed by atoms with Gasteiger partial charge < -0.3 is 39.9 Å². The molecule has 9 nitrogen and oxygen atoms in total. The highest BCUT2D eigenvalue weighted by Crippen LogP contribution is 2.29. The summed E-state index contributed by atoms with van der Waals surface area (Å²) in [6.07, 6.45) is -0.266. The zero-order valence-electron chi connectivity index (χ0n) is 14.3. The van der Waals surface area contributed by atoms with Crippen LogP contribution < -0.4 is 25.2 Å². The van der Waals surface area contributed by atoms with Gasteiger partial charge in [0.2, 0.25) is 5.91 Å². The van der Waals surface area contributed by atoms with Crippen molar-refractivity contribution in [3.8, 4) is 11.5 Å². The first kappa shape index (κ1) is 20.7. The van der Waals surface area contributed by atoms with E-state index >= 15 is 0 Å². The third-order valence-corrected chi connectivity index (χ3v) is 3.34. The van der Waals surface area contributed by atoms with Crippen molar-refractivity contribution >= 4 is 17.6 Å². The molecule has 25 heavy (non-hydrogen) atoms. The van der Waals surface area contributed by atoms with Crippen LogP contribution in [-0.2, 0) is 14.3 Å². The number of carboxylic acid groups (broad SMARTS) is 1. The van der Waals surface area contributed by atoms with Gasteiger partial charge in [-0.25, -0.2) is 0 Å². The highest BCUT2D eigenvalue weighted by atomic mass is 16.5. The summed E-state index contributed by atoms with van der Waals surface area (Å²) in [4.78, 5) is 23.3. The highest BCUT2D eigenvalue weighted by Gasteiger charge is 2.19. The van der Waals surface area contributed by atoms with Gasteiger partial charge in [0, 0.05) is 6.07 Å². The molecular formula is C16H24N2O7. The summed E-state index contributed by atoms with van der Waals surface area (Å²) in [6, 6.07) is 3.83. The van der Waals surface area contributed by atoms with E-state index in [0.717, 1.165) is 0 Å². The van der Waals surface area contributed by atoms with Gasteiger partial charge in [-0.15, -0.1) is 0 Å². The van der Waals surface area contributed by atoms with Gasteiger partial charge in [0.25, 0.3) is 0 Å². The number of benzene rings is 1. The average molecular weight is 356 g/mol. The predicted molar refractivity (Wildman–Crippen MR) is 86.3 cm³/mol. The lowest BCUT2D eigenvalue weighted by molar-refractivity contribution is -0.683. The molecule has 4 N–H and O–H groups in total. The molecule has 0 aliphatic rings. The number of aliphatic hydroxyl groups is 1. The zero-order chi connectivity index (χ0) is 18.7. The number of hydrogen-bond donors (Lipinski definition) is 3. The Kier molecular flexibility index (Phi) is 9.30. The van der Waals surface area contributed by atoms with Crippen LogP contribution in [0.1, 0.15) is 6.42 Å². The Morgan fingerprint density at radius 1 is 1.28 bits per heavy atom.